The van der Waals surface area contributed by atoms with E-state index < -0.39 is 6.04 Å². The zero-order valence-corrected chi connectivity index (χ0v) is 17.5. The molecule has 29 heavy (non-hydrogen) atoms. The summed E-state index contributed by atoms with van der Waals surface area (Å²) in [6.45, 7) is 4.41. The molecule has 2 aromatic rings. The number of nitrogens with zero attached hydrogens (tertiary/aromatic N) is 1. The molecule has 0 aromatic heterocycles. The van der Waals surface area contributed by atoms with Gasteiger partial charge in [-0.3, -0.25) is 4.79 Å². The summed E-state index contributed by atoms with van der Waals surface area (Å²) < 4.78 is 0. The van der Waals surface area contributed by atoms with Gasteiger partial charge in [-0.15, -0.1) is 6.58 Å². The lowest BCUT2D eigenvalue weighted by Crippen LogP contribution is -2.50. The van der Waals surface area contributed by atoms with Crippen LogP contribution in [0.1, 0.15) is 37.7 Å². The van der Waals surface area contributed by atoms with Gasteiger partial charge in [0.15, 0.2) is 0 Å². The van der Waals surface area contributed by atoms with Crippen molar-refractivity contribution < 1.29 is 4.79 Å². The van der Waals surface area contributed by atoms with E-state index >= 15 is 0 Å². The lowest BCUT2D eigenvalue weighted by Gasteiger charge is -2.33. The highest BCUT2D eigenvalue weighted by atomic mass is 35.5. The van der Waals surface area contributed by atoms with Gasteiger partial charge in [-0.25, -0.2) is 0 Å². The monoisotopic (exact) mass is 408 g/mol. The van der Waals surface area contributed by atoms with Crippen LogP contribution >= 0.6 is 11.6 Å². The van der Waals surface area contributed by atoms with Crippen molar-refractivity contribution >= 4 is 29.3 Å². The molecule has 3 nitrogen and oxygen atoms in total. The second-order valence-electron chi connectivity index (χ2n) is 7.46. The Bertz CT molecular complexity index is 813. The van der Waals surface area contributed by atoms with Gasteiger partial charge in [0.25, 0.3) is 0 Å². The summed E-state index contributed by atoms with van der Waals surface area (Å²) in [4.78, 5) is 15.4. The highest BCUT2D eigenvalue weighted by Crippen LogP contribution is 2.26. The molecule has 1 unspecified atom stereocenters. The zero-order chi connectivity index (χ0) is 20.5. The van der Waals surface area contributed by atoms with E-state index in [1.807, 2.05) is 71.6 Å². The molecule has 1 aliphatic rings. The third kappa shape index (κ3) is 5.98. The normalized spacial score (nSPS) is 16.1. The van der Waals surface area contributed by atoms with Crippen molar-refractivity contribution in [3.63, 3.8) is 0 Å². The number of para-hydroxylation sites is 1. The molecular formula is C25H29ClN2O. The second-order valence-corrected chi connectivity index (χ2v) is 7.90. The summed E-state index contributed by atoms with van der Waals surface area (Å²) in [7, 11) is 0. The lowest BCUT2D eigenvalue weighted by atomic mass is 9.95. The zero-order valence-electron chi connectivity index (χ0n) is 16.8. The summed E-state index contributed by atoms with van der Waals surface area (Å²) in [5, 5.41) is 3.75. The molecule has 4 heteroatoms. The molecule has 0 saturated heterocycles. The van der Waals surface area contributed by atoms with E-state index in [1.165, 1.54) is 6.42 Å². The average molecular weight is 409 g/mol. The SMILES string of the molecule is C=CCN(c1ccccc1)C(C(=O)NC1CCCCC1)/C(Cl)=C/c1ccccc1. The van der Waals surface area contributed by atoms with Crippen molar-refractivity contribution in [2.24, 2.45) is 0 Å². The molecule has 0 bridgehead atoms. The molecule has 1 saturated carbocycles. The lowest BCUT2D eigenvalue weighted by molar-refractivity contribution is -0.122. The fourth-order valence-electron chi connectivity index (χ4n) is 3.85. The van der Waals surface area contributed by atoms with Crippen molar-refractivity contribution in [3.05, 3.63) is 83.9 Å². The number of amides is 1. The van der Waals surface area contributed by atoms with Crippen LogP contribution in [-0.4, -0.2) is 24.5 Å². The molecule has 1 N–H and O–H groups in total. The third-order valence-electron chi connectivity index (χ3n) is 5.29. The van der Waals surface area contributed by atoms with E-state index in [9.17, 15) is 4.79 Å². The summed E-state index contributed by atoms with van der Waals surface area (Å²) in [6, 6.07) is 19.4. The summed E-state index contributed by atoms with van der Waals surface area (Å²) >= 11 is 6.80. The highest BCUT2D eigenvalue weighted by Gasteiger charge is 2.30. The molecule has 152 valence electrons. The van der Waals surface area contributed by atoms with Gasteiger partial charge in [0, 0.05) is 18.3 Å². The van der Waals surface area contributed by atoms with Crippen LogP contribution in [0.5, 0.6) is 0 Å². The third-order valence-corrected chi connectivity index (χ3v) is 5.61. The largest absolute Gasteiger partial charge is 0.351 e. The Balaban J connectivity index is 1.93. The number of nitrogens with one attached hydrogen (secondary N) is 1. The molecule has 1 atom stereocenters. The van der Waals surface area contributed by atoms with Crippen LogP contribution in [0.15, 0.2) is 78.4 Å². The summed E-state index contributed by atoms with van der Waals surface area (Å²) in [5.41, 5.74) is 1.91. The molecule has 0 heterocycles. The molecule has 2 aromatic carbocycles. The van der Waals surface area contributed by atoms with Crippen LogP contribution < -0.4 is 10.2 Å². The minimum absolute atomic E-state index is 0.0558. The molecule has 3 rings (SSSR count). The maximum atomic E-state index is 13.4. The van der Waals surface area contributed by atoms with Crippen LogP contribution in [-0.2, 0) is 4.79 Å². The van der Waals surface area contributed by atoms with Crippen LogP contribution in [0.2, 0.25) is 0 Å². The van der Waals surface area contributed by atoms with Gasteiger partial charge in [-0.1, -0.05) is 85.5 Å². The van der Waals surface area contributed by atoms with E-state index in [1.54, 1.807) is 6.08 Å². The first-order valence-electron chi connectivity index (χ1n) is 10.3. The molecule has 0 spiro atoms. The van der Waals surface area contributed by atoms with Crippen LogP contribution in [0.3, 0.4) is 0 Å². The fourth-order valence-corrected chi connectivity index (χ4v) is 4.19. The number of anilines is 1. The minimum Gasteiger partial charge on any atom is -0.351 e. The number of carbonyl (C=O) groups excluding carboxylic acids is 1. The molecule has 0 aliphatic heterocycles. The number of rotatable bonds is 8. The Hall–Kier alpha value is -2.52. The smallest absolute Gasteiger partial charge is 0.248 e. The van der Waals surface area contributed by atoms with Crippen molar-refractivity contribution in [1.82, 2.24) is 5.32 Å². The second kappa shape index (κ2) is 10.9. The molecule has 1 fully saturated rings. The van der Waals surface area contributed by atoms with E-state index in [4.69, 9.17) is 11.6 Å². The maximum Gasteiger partial charge on any atom is 0.248 e. The van der Waals surface area contributed by atoms with Crippen LogP contribution in [0.25, 0.3) is 6.08 Å². The molecule has 1 amide bonds. The Kier molecular flexibility index (Phi) is 7.94. The van der Waals surface area contributed by atoms with Crippen molar-refractivity contribution in [3.8, 4) is 0 Å². The number of hydrogen-bond donors (Lipinski definition) is 1. The van der Waals surface area contributed by atoms with Gasteiger partial charge in [0.05, 0.1) is 5.03 Å². The molecular weight excluding hydrogens is 380 g/mol. The Morgan fingerprint density at radius 3 is 2.31 bits per heavy atom. The van der Waals surface area contributed by atoms with E-state index in [2.05, 4.69) is 11.9 Å². The first-order chi connectivity index (χ1) is 14.2. The van der Waals surface area contributed by atoms with E-state index in [-0.39, 0.29) is 11.9 Å². The van der Waals surface area contributed by atoms with Crippen molar-refractivity contribution in [2.75, 3.05) is 11.4 Å². The van der Waals surface area contributed by atoms with Gasteiger partial charge in [0.1, 0.15) is 6.04 Å². The highest BCUT2D eigenvalue weighted by molar-refractivity contribution is 6.34. The number of carbonyl (C=O) groups is 1. The van der Waals surface area contributed by atoms with E-state index in [0.717, 1.165) is 36.9 Å². The minimum atomic E-state index is -0.612. The Morgan fingerprint density at radius 2 is 1.69 bits per heavy atom. The predicted molar refractivity (Wildman–Crippen MR) is 123 cm³/mol. The van der Waals surface area contributed by atoms with Gasteiger partial charge >= 0.3 is 0 Å². The van der Waals surface area contributed by atoms with Gasteiger partial charge < -0.3 is 10.2 Å². The predicted octanol–water partition coefficient (Wildman–Crippen LogP) is 5.78. The first kappa shape index (κ1) is 21.2. The standard InChI is InChI=1S/C25H29ClN2O/c1-2-18-28(22-16-10-5-11-17-22)24(23(26)19-20-12-6-3-7-13-20)25(29)27-21-14-8-4-9-15-21/h2-3,5-7,10-13,16-17,19,21,24H,1,4,8-9,14-15,18H2,(H,27,29)/b23-19-. The van der Waals surface area contributed by atoms with Crippen molar-refractivity contribution in [2.45, 2.75) is 44.2 Å². The number of hydrogen-bond acceptors (Lipinski definition) is 2. The van der Waals surface area contributed by atoms with Crippen LogP contribution in [0.4, 0.5) is 5.69 Å². The molecule has 1 aliphatic carbocycles. The molecule has 0 radical (unpaired) electrons. The van der Waals surface area contributed by atoms with Gasteiger partial charge in [-0.05, 0) is 36.6 Å². The quantitative estimate of drug-likeness (QED) is 0.562. The van der Waals surface area contributed by atoms with Crippen molar-refractivity contribution in [1.29, 1.82) is 0 Å². The Labute approximate surface area is 179 Å². The van der Waals surface area contributed by atoms with Gasteiger partial charge in [-0.2, -0.15) is 0 Å². The average Bonchev–Trinajstić information content (AvgIpc) is 2.75. The maximum absolute atomic E-state index is 13.4. The van der Waals surface area contributed by atoms with Crippen LogP contribution in [0, 0.1) is 0 Å². The summed E-state index contributed by atoms with van der Waals surface area (Å²) in [6.07, 6.45) is 9.33. The van der Waals surface area contributed by atoms with E-state index in [0.29, 0.717) is 11.6 Å². The fraction of sp³-hybridized carbons (Fsp3) is 0.320. The topological polar surface area (TPSA) is 32.3 Å². The number of benzene rings is 2. The first-order valence-corrected chi connectivity index (χ1v) is 10.7. The Morgan fingerprint density at radius 1 is 1.07 bits per heavy atom. The summed E-state index contributed by atoms with van der Waals surface area (Å²) in [5.74, 6) is -0.0558. The number of halogens is 1. The van der Waals surface area contributed by atoms with Gasteiger partial charge in [0.2, 0.25) is 5.91 Å².